The number of pyridine rings is 1. The second-order valence-corrected chi connectivity index (χ2v) is 3.88. The van der Waals surface area contributed by atoms with Crippen molar-refractivity contribution in [2.45, 2.75) is 13.8 Å². The summed E-state index contributed by atoms with van der Waals surface area (Å²) in [5.74, 6) is 0.0774. The van der Waals surface area contributed by atoms with E-state index < -0.39 is 0 Å². The van der Waals surface area contributed by atoms with E-state index in [0.717, 1.165) is 29.4 Å². The zero-order chi connectivity index (χ0) is 12.3. The van der Waals surface area contributed by atoms with E-state index in [-0.39, 0.29) is 5.91 Å². The topological polar surface area (TPSA) is 33.2 Å². The van der Waals surface area contributed by atoms with Gasteiger partial charge in [0.15, 0.2) is 0 Å². The van der Waals surface area contributed by atoms with Gasteiger partial charge in [-0.05, 0) is 31.4 Å². The first-order valence-corrected chi connectivity index (χ1v) is 5.90. The van der Waals surface area contributed by atoms with Crippen LogP contribution in [0.4, 0.5) is 0 Å². The molecule has 1 heterocycles. The molecule has 0 bridgehead atoms. The molecule has 3 nitrogen and oxygen atoms in total. The van der Waals surface area contributed by atoms with E-state index in [1.54, 1.807) is 12.4 Å². The number of rotatable bonds is 3. The molecule has 0 radical (unpaired) electrons. The van der Waals surface area contributed by atoms with Crippen LogP contribution in [0.15, 0.2) is 36.7 Å². The fourth-order valence-electron chi connectivity index (χ4n) is 1.98. The summed E-state index contributed by atoms with van der Waals surface area (Å²) in [6.07, 6.45) is 3.50. The Balaban J connectivity index is 2.52. The molecule has 0 aliphatic rings. The lowest BCUT2D eigenvalue weighted by molar-refractivity contribution is 0.0775. The van der Waals surface area contributed by atoms with E-state index in [9.17, 15) is 4.79 Å². The van der Waals surface area contributed by atoms with Crippen LogP contribution in [0.25, 0.3) is 10.8 Å². The third-order valence-electron chi connectivity index (χ3n) is 2.96. The number of aromatic nitrogens is 1. The number of hydrogen-bond donors (Lipinski definition) is 0. The predicted octanol–water partition coefficient (Wildman–Crippen LogP) is 2.72. The van der Waals surface area contributed by atoms with Crippen molar-refractivity contribution >= 4 is 16.7 Å². The van der Waals surface area contributed by atoms with Crippen LogP contribution in [0, 0.1) is 0 Å². The van der Waals surface area contributed by atoms with Crippen LogP contribution < -0.4 is 0 Å². The standard InChI is InChI=1S/C14H16N2O/c1-3-16(4-2)14(17)12-7-5-6-11-8-9-15-10-13(11)12/h5-10H,3-4H2,1-2H3. The Kier molecular flexibility index (Phi) is 3.38. The average Bonchev–Trinajstić information content (AvgIpc) is 2.39. The summed E-state index contributed by atoms with van der Waals surface area (Å²) in [5, 5.41) is 1.98. The predicted molar refractivity (Wildman–Crippen MR) is 69.0 cm³/mol. The van der Waals surface area contributed by atoms with Gasteiger partial charge in [0, 0.05) is 36.4 Å². The normalized spacial score (nSPS) is 10.5. The Labute approximate surface area is 101 Å². The number of fused-ring (bicyclic) bond motifs is 1. The van der Waals surface area contributed by atoms with Crippen LogP contribution in [0.2, 0.25) is 0 Å². The van der Waals surface area contributed by atoms with E-state index in [4.69, 9.17) is 0 Å². The summed E-state index contributed by atoms with van der Waals surface area (Å²) in [5.41, 5.74) is 0.735. The van der Waals surface area contributed by atoms with E-state index in [1.165, 1.54) is 0 Å². The third-order valence-corrected chi connectivity index (χ3v) is 2.96. The van der Waals surface area contributed by atoms with Gasteiger partial charge in [-0.1, -0.05) is 12.1 Å². The van der Waals surface area contributed by atoms with Gasteiger partial charge in [-0.25, -0.2) is 0 Å². The lowest BCUT2D eigenvalue weighted by Gasteiger charge is -2.19. The number of carbonyl (C=O) groups is 1. The quantitative estimate of drug-likeness (QED) is 0.809. The maximum atomic E-state index is 12.3. The highest BCUT2D eigenvalue weighted by molar-refractivity contribution is 6.06. The average molecular weight is 228 g/mol. The first-order valence-electron chi connectivity index (χ1n) is 5.90. The first kappa shape index (κ1) is 11.6. The Morgan fingerprint density at radius 2 is 2.00 bits per heavy atom. The number of carbonyl (C=O) groups excluding carboxylic acids is 1. The van der Waals surface area contributed by atoms with Gasteiger partial charge in [-0.15, -0.1) is 0 Å². The first-order chi connectivity index (χ1) is 8.27. The fraction of sp³-hybridized carbons (Fsp3) is 0.286. The highest BCUT2D eigenvalue weighted by Crippen LogP contribution is 2.18. The summed E-state index contributed by atoms with van der Waals surface area (Å²) in [6.45, 7) is 5.44. The van der Waals surface area contributed by atoms with Crippen LogP contribution in [-0.4, -0.2) is 28.9 Å². The molecule has 0 spiro atoms. The molecule has 0 aliphatic heterocycles. The van der Waals surface area contributed by atoms with Crippen molar-refractivity contribution in [1.29, 1.82) is 0 Å². The van der Waals surface area contributed by atoms with E-state index in [2.05, 4.69) is 4.98 Å². The number of hydrogen-bond acceptors (Lipinski definition) is 2. The van der Waals surface area contributed by atoms with Gasteiger partial charge in [-0.2, -0.15) is 0 Å². The molecule has 0 saturated carbocycles. The molecule has 1 amide bonds. The maximum Gasteiger partial charge on any atom is 0.254 e. The van der Waals surface area contributed by atoms with Crippen LogP contribution in [-0.2, 0) is 0 Å². The van der Waals surface area contributed by atoms with Gasteiger partial charge in [0.2, 0.25) is 0 Å². The summed E-state index contributed by atoms with van der Waals surface area (Å²) < 4.78 is 0. The van der Waals surface area contributed by atoms with Crippen molar-refractivity contribution in [1.82, 2.24) is 9.88 Å². The minimum absolute atomic E-state index is 0.0774. The van der Waals surface area contributed by atoms with Crippen molar-refractivity contribution in [3.63, 3.8) is 0 Å². The molecular formula is C14H16N2O. The number of amides is 1. The molecule has 0 N–H and O–H groups in total. The fourth-order valence-corrected chi connectivity index (χ4v) is 1.98. The molecule has 2 rings (SSSR count). The maximum absolute atomic E-state index is 12.3. The molecule has 3 heteroatoms. The van der Waals surface area contributed by atoms with Crippen LogP contribution in [0.5, 0.6) is 0 Å². The molecule has 2 aromatic rings. The summed E-state index contributed by atoms with van der Waals surface area (Å²) in [7, 11) is 0. The van der Waals surface area contributed by atoms with E-state index >= 15 is 0 Å². The van der Waals surface area contributed by atoms with Crippen molar-refractivity contribution in [3.05, 3.63) is 42.2 Å². The highest BCUT2D eigenvalue weighted by Gasteiger charge is 2.14. The van der Waals surface area contributed by atoms with Crippen molar-refractivity contribution in [2.24, 2.45) is 0 Å². The largest absolute Gasteiger partial charge is 0.339 e. The van der Waals surface area contributed by atoms with Gasteiger partial charge in [0.05, 0.1) is 0 Å². The monoisotopic (exact) mass is 228 g/mol. The lowest BCUT2D eigenvalue weighted by atomic mass is 10.1. The van der Waals surface area contributed by atoms with Gasteiger partial charge in [0.1, 0.15) is 0 Å². The van der Waals surface area contributed by atoms with E-state index in [0.29, 0.717) is 0 Å². The summed E-state index contributed by atoms with van der Waals surface area (Å²) in [6, 6.07) is 7.70. The Bertz CT molecular complexity index is 527. The van der Waals surface area contributed by atoms with Crippen molar-refractivity contribution in [2.75, 3.05) is 13.1 Å². The van der Waals surface area contributed by atoms with Crippen LogP contribution >= 0.6 is 0 Å². The summed E-state index contributed by atoms with van der Waals surface area (Å²) in [4.78, 5) is 18.2. The molecule has 0 unspecified atom stereocenters. The van der Waals surface area contributed by atoms with Crippen molar-refractivity contribution < 1.29 is 4.79 Å². The lowest BCUT2D eigenvalue weighted by Crippen LogP contribution is -2.30. The minimum Gasteiger partial charge on any atom is -0.339 e. The summed E-state index contributed by atoms with van der Waals surface area (Å²) >= 11 is 0. The minimum atomic E-state index is 0.0774. The molecule has 0 aliphatic carbocycles. The van der Waals surface area contributed by atoms with Crippen LogP contribution in [0.3, 0.4) is 0 Å². The van der Waals surface area contributed by atoms with Gasteiger partial charge in [0.25, 0.3) is 5.91 Å². The molecule has 88 valence electrons. The molecule has 1 aromatic carbocycles. The number of benzene rings is 1. The SMILES string of the molecule is CCN(CC)C(=O)c1cccc2ccncc12. The smallest absolute Gasteiger partial charge is 0.254 e. The second-order valence-electron chi connectivity index (χ2n) is 3.88. The van der Waals surface area contributed by atoms with E-state index in [1.807, 2.05) is 43.0 Å². The van der Waals surface area contributed by atoms with Crippen LogP contribution in [0.1, 0.15) is 24.2 Å². The molecular weight excluding hydrogens is 212 g/mol. The Morgan fingerprint density at radius 3 is 2.71 bits per heavy atom. The molecule has 1 aromatic heterocycles. The highest BCUT2D eigenvalue weighted by atomic mass is 16.2. The van der Waals surface area contributed by atoms with Gasteiger partial charge < -0.3 is 4.90 Å². The molecule has 17 heavy (non-hydrogen) atoms. The molecule has 0 atom stereocenters. The zero-order valence-corrected chi connectivity index (χ0v) is 10.2. The Hall–Kier alpha value is -1.90. The number of nitrogens with zero attached hydrogens (tertiary/aromatic N) is 2. The zero-order valence-electron chi connectivity index (χ0n) is 10.2. The third kappa shape index (κ3) is 2.13. The van der Waals surface area contributed by atoms with Crippen molar-refractivity contribution in [3.8, 4) is 0 Å². The molecule has 0 fully saturated rings. The second kappa shape index (κ2) is 4.95. The molecule has 0 saturated heterocycles. The van der Waals surface area contributed by atoms with Gasteiger partial charge in [-0.3, -0.25) is 9.78 Å². The van der Waals surface area contributed by atoms with Gasteiger partial charge >= 0.3 is 0 Å². The Morgan fingerprint density at radius 1 is 1.24 bits per heavy atom.